The number of amides is 2. The third-order valence-corrected chi connectivity index (χ3v) is 4.90. The summed E-state index contributed by atoms with van der Waals surface area (Å²) in [4.78, 5) is 27.0. The minimum absolute atomic E-state index is 0.0437. The Morgan fingerprint density at radius 3 is 2.50 bits per heavy atom. The van der Waals surface area contributed by atoms with Gasteiger partial charge < -0.3 is 10.2 Å². The molecule has 0 aromatic heterocycles. The summed E-state index contributed by atoms with van der Waals surface area (Å²) in [7, 11) is 0. The van der Waals surface area contributed by atoms with E-state index in [0.29, 0.717) is 12.3 Å². The Labute approximate surface area is 143 Å². The van der Waals surface area contributed by atoms with Crippen LogP contribution < -0.4 is 5.32 Å². The van der Waals surface area contributed by atoms with E-state index in [9.17, 15) is 9.59 Å². The van der Waals surface area contributed by atoms with E-state index in [1.807, 2.05) is 42.2 Å². The molecule has 24 heavy (non-hydrogen) atoms. The van der Waals surface area contributed by atoms with E-state index in [1.165, 1.54) is 12.8 Å². The molecule has 1 saturated heterocycles. The van der Waals surface area contributed by atoms with Crippen molar-refractivity contribution in [3.8, 4) is 0 Å². The first-order chi connectivity index (χ1) is 11.6. The van der Waals surface area contributed by atoms with E-state index >= 15 is 0 Å². The molecule has 1 atom stereocenters. The van der Waals surface area contributed by atoms with E-state index in [2.05, 4.69) is 5.32 Å². The van der Waals surface area contributed by atoms with Crippen LogP contribution in [0.25, 0.3) is 0 Å². The van der Waals surface area contributed by atoms with Gasteiger partial charge in [0.1, 0.15) is 6.04 Å². The summed E-state index contributed by atoms with van der Waals surface area (Å²) in [6.45, 7) is 3.61. The monoisotopic (exact) mass is 326 g/mol. The molecule has 1 heterocycles. The summed E-state index contributed by atoms with van der Waals surface area (Å²) in [5.41, 5.74) is 2.19. The van der Waals surface area contributed by atoms with Crippen molar-refractivity contribution in [3.63, 3.8) is 0 Å². The van der Waals surface area contributed by atoms with Crippen LogP contribution in [0.1, 0.15) is 38.2 Å². The van der Waals surface area contributed by atoms with Crippen LogP contribution in [0.15, 0.2) is 42.0 Å². The molecule has 0 radical (unpaired) electrons. The number of rotatable bonds is 6. The zero-order valence-electron chi connectivity index (χ0n) is 14.3. The molecule has 128 valence electrons. The Hall–Kier alpha value is -2.10. The van der Waals surface area contributed by atoms with Gasteiger partial charge in [0.15, 0.2) is 0 Å². The molecule has 0 unspecified atom stereocenters. The van der Waals surface area contributed by atoms with Crippen LogP contribution >= 0.6 is 0 Å². The summed E-state index contributed by atoms with van der Waals surface area (Å²) in [6, 6.07) is 9.41. The number of hydrogen-bond acceptors (Lipinski definition) is 2. The molecule has 2 amide bonds. The molecule has 1 aromatic carbocycles. The summed E-state index contributed by atoms with van der Waals surface area (Å²) in [6.07, 6.45) is 6.67. The van der Waals surface area contributed by atoms with Crippen molar-refractivity contribution >= 4 is 11.8 Å². The zero-order valence-corrected chi connectivity index (χ0v) is 14.3. The number of likely N-dealkylation sites (tertiary alicyclic amines) is 1. The Bertz CT molecular complexity index is 614. The average molecular weight is 326 g/mol. The second-order valence-electron chi connectivity index (χ2n) is 6.95. The number of allylic oxidation sites excluding steroid dienone is 1. The van der Waals surface area contributed by atoms with Crippen molar-refractivity contribution in [2.24, 2.45) is 5.92 Å². The highest BCUT2D eigenvalue weighted by Crippen LogP contribution is 2.35. The van der Waals surface area contributed by atoms with Crippen LogP contribution in [0.3, 0.4) is 0 Å². The SMILES string of the molecule is C/C(=C/C(=O)N[C@H](Cc1ccccc1)C(=O)N1CCCC1)C1CC1. The number of carbonyl (C=O) groups excluding carboxylic acids is 2. The fraction of sp³-hybridized carbons (Fsp3) is 0.500. The summed E-state index contributed by atoms with van der Waals surface area (Å²) in [5, 5.41) is 2.95. The Kier molecular flexibility index (Phi) is 5.34. The molecule has 1 N–H and O–H groups in total. The first-order valence-corrected chi connectivity index (χ1v) is 8.95. The topological polar surface area (TPSA) is 49.4 Å². The predicted octanol–water partition coefficient (Wildman–Crippen LogP) is 2.69. The average Bonchev–Trinajstić information content (AvgIpc) is 3.29. The predicted molar refractivity (Wildman–Crippen MR) is 94.4 cm³/mol. The first-order valence-electron chi connectivity index (χ1n) is 8.95. The van der Waals surface area contributed by atoms with Gasteiger partial charge in [-0.3, -0.25) is 9.59 Å². The largest absolute Gasteiger partial charge is 0.341 e. The van der Waals surface area contributed by atoms with Gasteiger partial charge in [-0.15, -0.1) is 0 Å². The molecule has 1 aliphatic carbocycles. The lowest BCUT2D eigenvalue weighted by Crippen LogP contribution is -2.48. The normalized spacial score (nSPS) is 19.2. The number of benzene rings is 1. The fourth-order valence-electron chi connectivity index (χ4n) is 3.28. The smallest absolute Gasteiger partial charge is 0.245 e. The second-order valence-corrected chi connectivity index (χ2v) is 6.95. The van der Waals surface area contributed by atoms with E-state index in [-0.39, 0.29) is 11.8 Å². The number of nitrogens with one attached hydrogen (secondary N) is 1. The Morgan fingerprint density at radius 2 is 1.88 bits per heavy atom. The van der Waals surface area contributed by atoms with Crippen molar-refractivity contribution in [2.75, 3.05) is 13.1 Å². The van der Waals surface area contributed by atoms with Gasteiger partial charge in [-0.1, -0.05) is 35.9 Å². The quantitative estimate of drug-likeness (QED) is 0.817. The maximum atomic E-state index is 12.8. The standard InChI is InChI=1S/C20H26N2O2/c1-15(17-9-10-17)13-19(23)21-18(14-16-7-3-2-4-8-16)20(24)22-11-5-6-12-22/h2-4,7-8,13,17-18H,5-6,9-12,14H2,1H3,(H,21,23)/b15-13-/t18-/m1/s1. The molecule has 1 aliphatic heterocycles. The van der Waals surface area contributed by atoms with Gasteiger partial charge in [0.05, 0.1) is 0 Å². The Morgan fingerprint density at radius 1 is 1.21 bits per heavy atom. The van der Waals surface area contributed by atoms with Crippen molar-refractivity contribution in [1.29, 1.82) is 0 Å². The maximum Gasteiger partial charge on any atom is 0.245 e. The van der Waals surface area contributed by atoms with Crippen molar-refractivity contribution in [3.05, 3.63) is 47.5 Å². The van der Waals surface area contributed by atoms with Crippen molar-refractivity contribution < 1.29 is 9.59 Å². The van der Waals surface area contributed by atoms with Crippen LogP contribution in [0.4, 0.5) is 0 Å². The second kappa shape index (κ2) is 7.65. The lowest BCUT2D eigenvalue weighted by atomic mass is 10.0. The molecule has 0 spiro atoms. The summed E-state index contributed by atoms with van der Waals surface area (Å²) < 4.78 is 0. The number of nitrogens with zero attached hydrogens (tertiary/aromatic N) is 1. The highest BCUT2D eigenvalue weighted by molar-refractivity contribution is 5.93. The van der Waals surface area contributed by atoms with Gasteiger partial charge in [-0.25, -0.2) is 0 Å². The molecule has 4 heteroatoms. The Balaban J connectivity index is 1.69. The van der Waals surface area contributed by atoms with E-state index < -0.39 is 6.04 Å². The molecule has 1 saturated carbocycles. The van der Waals surface area contributed by atoms with Gasteiger partial charge in [-0.2, -0.15) is 0 Å². The third kappa shape index (κ3) is 4.47. The van der Waals surface area contributed by atoms with Crippen molar-refractivity contribution in [1.82, 2.24) is 10.2 Å². The van der Waals surface area contributed by atoms with E-state index in [1.54, 1.807) is 6.08 Å². The molecular weight excluding hydrogens is 300 g/mol. The van der Waals surface area contributed by atoms with Crippen LogP contribution in [0, 0.1) is 5.92 Å². The lowest BCUT2D eigenvalue weighted by Gasteiger charge is -2.24. The van der Waals surface area contributed by atoms with Crippen LogP contribution in [-0.2, 0) is 16.0 Å². The molecule has 3 rings (SSSR count). The van der Waals surface area contributed by atoms with Gasteiger partial charge in [0.25, 0.3) is 0 Å². The number of hydrogen-bond donors (Lipinski definition) is 1. The fourth-order valence-corrected chi connectivity index (χ4v) is 3.28. The third-order valence-electron chi connectivity index (χ3n) is 4.90. The van der Waals surface area contributed by atoms with Crippen LogP contribution in [0.2, 0.25) is 0 Å². The molecule has 1 aromatic rings. The summed E-state index contributed by atoms with van der Waals surface area (Å²) >= 11 is 0. The molecular formula is C20H26N2O2. The van der Waals surface area contributed by atoms with E-state index in [0.717, 1.165) is 37.1 Å². The van der Waals surface area contributed by atoms with Gasteiger partial charge >= 0.3 is 0 Å². The first kappa shape index (κ1) is 16.7. The van der Waals surface area contributed by atoms with Gasteiger partial charge in [0, 0.05) is 25.6 Å². The molecule has 2 aliphatic rings. The molecule has 4 nitrogen and oxygen atoms in total. The van der Waals surface area contributed by atoms with Gasteiger partial charge in [0.2, 0.25) is 11.8 Å². The molecule has 2 fully saturated rings. The minimum atomic E-state index is -0.485. The van der Waals surface area contributed by atoms with Crippen molar-refractivity contribution in [2.45, 2.75) is 45.1 Å². The van der Waals surface area contributed by atoms with Crippen LogP contribution in [-0.4, -0.2) is 35.8 Å². The minimum Gasteiger partial charge on any atom is -0.341 e. The van der Waals surface area contributed by atoms with E-state index in [4.69, 9.17) is 0 Å². The molecule has 0 bridgehead atoms. The zero-order chi connectivity index (χ0) is 16.9. The van der Waals surface area contributed by atoms with Gasteiger partial charge in [-0.05, 0) is 44.1 Å². The number of carbonyl (C=O) groups is 2. The highest BCUT2D eigenvalue weighted by Gasteiger charge is 2.28. The summed E-state index contributed by atoms with van der Waals surface area (Å²) in [5.74, 6) is 0.465. The van der Waals surface area contributed by atoms with Crippen LogP contribution in [0.5, 0.6) is 0 Å². The lowest BCUT2D eigenvalue weighted by molar-refractivity contribution is -0.134. The highest BCUT2D eigenvalue weighted by atomic mass is 16.2. The maximum absolute atomic E-state index is 12.8.